The van der Waals surface area contributed by atoms with Gasteiger partial charge in [0.15, 0.2) is 0 Å². The van der Waals surface area contributed by atoms with Crippen molar-refractivity contribution in [2.45, 2.75) is 6.54 Å². The van der Waals surface area contributed by atoms with Crippen LogP contribution in [0.4, 0.5) is 17.2 Å². The van der Waals surface area contributed by atoms with Crippen molar-refractivity contribution < 1.29 is 4.79 Å². The number of aromatic nitrogens is 2. The Kier molecular flexibility index (Phi) is 5.66. The summed E-state index contributed by atoms with van der Waals surface area (Å²) in [5, 5.41) is 2.87. The third-order valence-corrected chi connectivity index (χ3v) is 4.18. The first-order chi connectivity index (χ1) is 13.0. The van der Waals surface area contributed by atoms with Gasteiger partial charge in [-0.25, -0.2) is 9.97 Å². The molecule has 3 rings (SSSR count). The standard InChI is InChI=1S/C21H23N5O/c1-25(2)18-11-9-17(10-12-18)24-21(27)19-13-20(23-15-22-19)26(3)14-16-7-5-4-6-8-16/h4-13,15H,14H2,1-3H3,(H,24,27). The van der Waals surface area contributed by atoms with Gasteiger partial charge in [-0.3, -0.25) is 4.79 Å². The largest absolute Gasteiger partial charge is 0.378 e. The van der Waals surface area contributed by atoms with Crippen molar-refractivity contribution in [2.75, 3.05) is 36.3 Å². The number of rotatable bonds is 6. The number of carbonyl (C=O) groups is 1. The molecule has 0 bridgehead atoms. The second-order valence-electron chi connectivity index (χ2n) is 6.50. The smallest absolute Gasteiger partial charge is 0.274 e. The zero-order valence-corrected chi connectivity index (χ0v) is 15.8. The number of nitrogens with zero attached hydrogens (tertiary/aromatic N) is 4. The second-order valence-corrected chi connectivity index (χ2v) is 6.50. The molecule has 1 N–H and O–H groups in total. The Bertz CT molecular complexity index is 894. The van der Waals surface area contributed by atoms with Gasteiger partial charge in [0.2, 0.25) is 0 Å². The molecule has 138 valence electrons. The van der Waals surface area contributed by atoms with E-state index in [-0.39, 0.29) is 5.91 Å². The Morgan fingerprint density at radius 2 is 1.67 bits per heavy atom. The van der Waals surface area contributed by atoms with Crippen molar-refractivity contribution in [3.05, 3.63) is 78.2 Å². The van der Waals surface area contributed by atoms with Crippen LogP contribution in [0.2, 0.25) is 0 Å². The van der Waals surface area contributed by atoms with Crippen LogP contribution in [0.1, 0.15) is 16.1 Å². The monoisotopic (exact) mass is 361 g/mol. The molecule has 1 aromatic heterocycles. The maximum atomic E-state index is 12.5. The zero-order valence-electron chi connectivity index (χ0n) is 15.8. The molecule has 0 aliphatic heterocycles. The molecule has 0 spiro atoms. The minimum absolute atomic E-state index is 0.260. The minimum Gasteiger partial charge on any atom is -0.378 e. The molecule has 0 unspecified atom stereocenters. The van der Waals surface area contributed by atoms with Crippen LogP contribution in [-0.4, -0.2) is 37.0 Å². The first-order valence-corrected chi connectivity index (χ1v) is 8.69. The summed E-state index contributed by atoms with van der Waals surface area (Å²) in [4.78, 5) is 24.9. The summed E-state index contributed by atoms with van der Waals surface area (Å²) >= 11 is 0. The Labute approximate surface area is 159 Å². The zero-order chi connectivity index (χ0) is 19.2. The number of amides is 1. The van der Waals surface area contributed by atoms with E-state index in [9.17, 15) is 4.79 Å². The van der Waals surface area contributed by atoms with Gasteiger partial charge in [0.25, 0.3) is 5.91 Å². The number of hydrogen-bond acceptors (Lipinski definition) is 5. The molecule has 0 atom stereocenters. The molecular formula is C21H23N5O. The van der Waals surface area contributed by atoms with Crippen molar-refractivity contribution >= 4 is 23.1 Å². The van der Waals surface area contributed by atoms with Gasteiger partial charge in [0.05, 0.1) is 0 Å². The number of hydrogen-bond donors (Lipinski definition) is 1. The summed E-state index contributed by atoms with van der Waals surface area (Å²) in [5.74, 6) is 0.436. The van der Waals surface area contributed by atoms with Gasteiger partial charge in [-0.2, -0.15) is 0 Å². The van der Waals surface area contributed by atoms with Gasteiger partial charge >= 0.3 is 0 Å². The highest BCUT2D eigenvalue weighted by Crippen LogP contribution is 2.17. The lowest BCUT2D eigenvalue weighted by atomic mass is 10.2. The average molecular weight is 361 g/mol. The number of nitrogens with one attached hydrogen (secondary N) is 1. The molecule has 1 heterocycles. The van der Waals surface area contributed by atoms with Gasteiger partial charge in [0.1, 0.15) is 17.8 Å². The topological polar surface area (TPSA) is 61.4 Å². The van der Waals surface area contributed by atoms with E-state index in [0.717, 1.165) is 11.4 Å². The number of carbonyl (C=O) groups excluding carboxylic acids is 1. The SMILES string of the molecule is CN(C)c1ccc(NC(=O)c2cc(N(C)Cc3ccccc3)ncn2)cc1. The highest BCUT2D eigenvalue weighted by Gasteiger charge is 2.12. The van der Waals surface area contributed by atoms with Crippen LogP contribution >= 0.6 is 0 Å². The summed E-state index contributed by atoms with van der Waals surface area (Å²) in [6, 6.07) is 19.5. The normalized spacial score (nSPS) is 10.3. The number of anilines is 3. The molecule has 0 saturated carbocycles. The lowest BCUT2D eigenvalue weighted by Crippen LogP contribution is -2.20. The van der Waals surface area contributed by atoms with Crippen LogP contribution in [0.5, 0.6) is 0 Å². The fraction of sp³-hybridized carbons (Fsp3) is 0.190. The summed E-state index contributed by atoms with van der Waals surface area (Å²) < 4.78 is 0. The van der Waals surface area contributed by atoms with Gasteiger partial charge in [0, 0.05) is 45.1 Å². The maximum absolute atomic E-state index is 12.5. The van der Waals surface area contributed by atoms with Crippen LogP contribution in [0, 0.1) is 0 Å². The van der Waals surface area contributed by atoms with E-state index in [1.807, 2.05) is 73.4 Å². The van der Waals surface area contributed by atoms with E-state index < -0.39 is 0 Å². The molecule has 2 aromatic carbocycles. The van der Waals surface area contributed by atoms with Crippen LogP contribution in [0.25, 0.3) is 0 Å². The third kappa shape index (κ3) is 4.82. The van der Waals surface area contributed by atoms with Gasteiger partial charge < -0.3 is 15.1 Å². The molecule has 0 fully saturated rings. The Hall–Kier alpha value is -3.41. The molecule has 27 heavy (non-hydrogen) atoms. The molecule has 6 heteroatoms. The molecule has 0 aliphatic rings. The Balaban J connectivity index is 1.69. The van der Waals surface area contributed by atoms with E-state index in [2.05, 4.69) is 27.4 Å². The Morgan fingerprint density at radius 1 is 0.963 bits per heavy atom. The third-order valence-electron chi connectivity index (χ3n) is 4.18. The molecule has 3 aromatic rings. The van der Waals surface area contributed by atoms with E-state index in [1.54, 1.807) is 6.07 Å². The van der Waals surface area contributed by atoms with E-state index in [4.69, 9.17) is 0 Å². The Morgan fingerprint density at radius 3 is 2.33 bits per heavy atom. The van der Waals surface area contributed by atoms with E-state index in [0.29, 0.717) is 18.1 Å². The number of benzene rings is 2. The fourth-order valence-electron chi connectivity index (χ4n) is 2.66. The lowest BCUT2D eigenvalue weighted by Gasteiger charge is -2.18. The van der Waals surface area contributed by atoms with Crippen LogP contribution < -0.4 is 15.1 Å². The predicted molar refractivity (Wildman–Crippen MR) is 109 cm³/mol. The van der Waals surface area contributed by atoms with Crippen molar-refractivity contribution in [3.8, 4) is 0 Å². The van der Waals surface area contributed by atoms with Crippen molar-refractivity contribution in [1.82, 2.24) is 9.97 Å². The molecule has 0 radical (unpaired) electrons. The summed E-state index contributed by atoms with van der Waals surface area (Å²) in [6.07, 6.45) is 1.42. The first-order valence-electron chi connectivity index (χ1n) is 8.69. The van der Waals surface area contributed by atoms with Gasteiger partial charge in [-0.15, -0.1) is 0 Å². The van der Waals surface area contributed by atoms with Crippen LogP contribution in [0.3, 0.4) is 0 Å². The molecule has 6 nitrogen and oxygen atoms in total. The molecule has 1 amide bonds. The van der Waals surface area contributed by atoms with Crippen molar-refractivity contribution in [1.29, 1.82) is 0 Å². The highest BCUT2D eigenvalue weighted by atomic mass is 16.1. The van der Waals surface area contributed by atoms with Crippen molar-refractivity contribution in [3.63, 3.8) is 0 Å². The predicted octanol–water partition coefficient (Wildman–Crippen LogP) is 3.43. The average Bonchev–Trinajstić information content (AvgIpc) is 2.69. The second kappa shape index (κ2) is 8.31. The van der Waals surface area contributed by atoms with Gasteiger partial charge in [-0.1, -0.05) is 30.3 Å². The lowest BCUT2D eigenvalue weighted by molar-refractivity contribution is 0.102. The summed E-state index contributed by atoms with van der Waals surface area (Å²) in [6.45, 7) is 0.699. The quantitative estimate of drug-likeness (QED) is 0.729. The van der Waals surface area contributed by atoms with Crippen LogP contribution in [0.15, 0.2) is 67.0 Å². The first kappa shape index (κ1) is 18.4. The summed E-state index contributed by atoms with van der Waals surface area (Å²) in [7, 11) is 5.89. The fourth-order valence-corrected chi connectivity index (χ4v) is 2.66. The maximum Gasteiger partial charge on any atom is 0.274 e. The summed E-state index contributed by atoms with van der Waals surface area (Å²) in [5.41, 5.74) is 3.30. The highest BCUT2D eigenvalue weighted by molar-refractivity contribution is 6.03. The van der Waals surface area contributed by atoms with E-state index >= 15 is 0 Å². The van der Waals surface area contributed by atoms with Crippen molar-refractivity contribution in [2.24, 2.45) is 0 Å². The van der Waals surface area contributed by atoms with Crippen LogP contribution in [-0.2, 0) is 6.54 Å². The molecule has 0 aliphatic carbocycles. The van der Waals surface area contributed by atoms with Gasteiger partial charge in [-0.05, 0) is 29.8 Å². The van der Waals surface area contributed by atoms with E-state index in [1.165, 1.54) is 11.9 Å². The minimum atomic E-state index is -0.260. The molecule has 0 saturated heterocycles. The molecular weight excluding hydrogens is 338 g/mol.